The van der Waals surface area contributed by atoms with Crippen LogP contribution in [0.5, 0.6) is 0 Å². The SMILES string of the molecule is Nc1c(Cl)cc(Cl)cc1Nc1ncnc2cnc(N[C@H]3CC[C@H](O)CC3)nc12. The largest absolute Gasteiger partial charge is 0.396 e. The number of aliphatic hydroxyl groups excluding tert-OH is 1. The second-order valence-corrected chi connectivity index (χ2v) is 7.62. The van der Waals surface area contributed by atoms with E-state index in [2.05, 4.69) is 30.6 Å². The van der Waals surface area contributed by atoms with E-state index in [4.69, 9.17) is 28.9 Å². The quantitative estimate of drug-likeness (QED) is 0.471. The molecule has 3 aromatic rings. The Morgan fingerprint density at radius 2 is 1.86 bits per heavy atom. The summed E-state index contributed by atoms with van der Waals surface area (Å²) in [5, 5.41) is 16.9. The lowest BCUT2D eigenvalue weighted by Gasteiger charge is -2.26. The number of hydrogen-bond acceptors (Lipinski definition) is 8. The maximum Gasteiger partial charge on any atom is 0.223 e. The van der Waals surface area contributed by atoms with Crippen molar-refractivity contribution in [1.29, 1.82) is 0 Å². The number of rotatable bonds is 4. The average Bonchev–Trinajstić information content (AvgIpc) is 2.68. The second-order valence-electron chi connectivity index (χ2n) is 6.77. The van der Waals surface area contributed by atoms with E-state index >= 15 is 0 Å². The molecule has 0 radical (unpaired) electrons. The second kappa shape index (κ2) is 7.90. The molecule has 0 saturated heterocycles. The minimum absolute atomic E-state index is 0.213. The van der Waals surface area contributed by atoms with Gasteiger partial charge in [0.1, 0.15) is 17.4 Å². The summed E-state index contributed by atoms with van der Waals surface area (Å²) < 4.78 is 0. The van der Waals surface area contributed by atoms with Crippen LogP contribution in [0.1, 0.15) is 25.7 Å². The number of anilines is 4. The zero-order valence-electron chi connectivity index (χ0n) is 14.9. The van der Waals surface area contributed by atoms with Gasteiger partial charge in [0.15, 0.2) is 5.82 Å². The Bertz CT molecular complexity index is 1010. The number of nitrogens with two attached hydrogens (primary N) is 1. The molecule has 146 valence electrons. The Hall–Kier alpha value is -2.42. The van der Waals surface area contributed by atoms with Crippen molar-refractivity contribution in [2.45, 2.75) is 37.8 Å². The van der Waals surface area contributed by atoms with E-state index in [-0.39, 0.29) is 12.1 Å². The molecule has 0 atom stereocenters. The number of aromatic nitrogens is 4. The van der Waals surface area contributed by atoms with Gasteiger partial charge in [0.25, 0.3) is 0 Å². The van der Waals surface area contributed by atoms with E-state index in [0.29, 0.717) is 44.2 Å². The molecule has 0 unspecified atom stereocenters. The lowest BCUT2D eigenvalue weighted by Crippen LogP contribution is -2.28. The van der Waals surface area contributed by atoms with Crippen molar-refractivity contribution < 1.29 is 5.11 Å². The molecule has 1 aliphatic rings. The first-order valence-electron chi connectivity index (χ1n) is 8.93. The number of nitrogen functional groups attached to an aromatic ring is 1. The molecule has 0 amide bonds. The van der Waals surface area contributed by atoms with Gasteiger partial charge in [-0.1, -0.05) is 23.2 Å². The van der Waals surface area contributed by atoms with Crippen molar-refractivity contribution in [2.24, 2.45) is 0 Å². The van der Waals surface area contributed by atoms with Gasteiger partial charge >= 0.3 is 0 Å². The highest BCUT2D eigenvalue weighted by molar-refractivity contribution is 6.37. The molecule has 0 spiro atoms. The van der Waals surface area contributed by atoms with E-state index in [0.717, 1.165) is 25.7 Å². The number of nitrogens with one attached hydrogen (secondary N) is 2. The number of benzene rings is 1. The summed E-state index contributed by atoms with van der Waals surface area (Å²) in [5.74, 6) is 0.961. The van der Waals surface area contributed by atoms with Crippen LogP contribution in [0.4, 0.5) is 23.1 Å². The molecule has 5 N–H and O–H groups in total. The Kier molecular flexibility index (Phi) is 5.34. The van der Waals surface area contributed by atoms with Crippen LogP contribution >= 0.6 is 23.2 Å². The summed E-state index contributed by atoms with van der Waals surface area (Å²) in [5.41, 5.74) is 8.09. The molecule has 2 aromatic heterocycles. The summed E-state index contributed by atoms with van der Waals surface area (Å²) in [4.78, 5) is 17.4. The summed E-state index contributed by atoms with van der Waals surface area (Å²) in [6, 6.07) is 3.47. The van der Waals surface area contributed by atoms with Crippen molar-refractivity contribution in [3.8, 4) is 0 Å². The summed E-state index contributed by atoms with van der Waals surface area (Å²) >= 11 is 12.2. The van der Waals surface area contributed by atoms with Gasteiger partial charge in [-0.15, -0.1) is 0 Å². The zero-order chi connectivity index (χ0) is 19.7. The van der Waals surface area contributed by atoms with E-state index in [9.17, 15) is 5.11 Å². The number of fused-ring (bicyclic) bond motifs is 1. The van der Waals surface area contributed by atoms with Gasteiger partial charge < -0.3 is 21.5 Å². The van der Waals surface area contributed by atoms with Crippen LogP contribution < -0.4 is 16.4 Å². The number of hydrogen-bond donors (Lipinski definition) is 4. The monoisotopic (exact) mass is 419 g/mol. The topological polar surface area (TPSA) is 122 Å². The van der Waals surface area contributed by atoms with E-state index < -0.39 is 0 Å². The molecular weight excluding hydrogens is 401 g/mol. The van der Waals surface area contributed by atoms with Gasteiger partial charge in [-0.05, 0) is 37.8 Å². The van der Waals surface area contributed by atoms with Crippen molar-refractivity contribution in [3.05, 3.63) is 34.7 Å². The van der Waals surface area contributed by atoms with Gasteiger partial charge in [-0.25, -0.2) is 19.9 Å². The normalized spacial score (nSPS) is 19.5. The molecule has 1 saturated carbocycles. The summed E-state index contributed by atoms with van der Waals surface area (Å²) in [7, 11) is 0. The molecule has 4 rings (SSSR count). The summed E-state index contributed by atoms with van der Waals surface area (Å²) in [6.07, 6.45) is 6.14. The highest BCUT2D eigenvalue weighted by Gasteiger charge is 2.20. The van der Waals surface area contributed by atoms with Gasteiger partial charge in [0, 0.05) is 11.1 Å². The fourth-order valence-electron chi connectivity index (χ4n) is 3.23. The fourth-order valence-corrected chi connectivity index (χ4v) is 3.73. The Labute approximate surface area is 171 Å². The van der Waals surface area contributed by atoms with Crippen molar-refractivity contribution in [1.82, 2.24) is 19.9 Å². The molecule has 10 heteroatoms. The Balaban J connectivity index is 1.64. The van der Waals surface area contributed by atoms with Gasteiger partial charge in [0.05, 0.1) is 28.7 Å². The Morgan fingerprint density at radius 3 is 2.64 bits per heavy atom. The molecule has 0 aliphatic heterocycles. The predicted octanol–water partition coefficient (Wildman–Crippen LogP) is 3.77. The van der Waals surface area contributed by atoms with Crippen LogP contribution in [-0.2, 0) is 0 Å². The third kappa shape index (κ3) is 4.04. The Morgan fingerprint density at radius 1 is 1.07 bits per heavy atom. The number of aliphatic hydroxyl groups is 1. The highest BCUT2D eigenvalue weighted by atomic mass is 35.5. The van der Waals surface area contributed by atoms with E-state index in [1.165, 1.54) is 6.33 Å². The molecular formula is C18H19Cl2N7O. The molecule has 1 fully saturated rings. The highest BCUT2D eigenvalue weighted by Crippen LogP contribution is 2.34. The summed E-state index contributed by atoms with van der Waals surface area (Å²) in [6.45, 7) is 0. The minimum atomic E-state index is -0.213. The van der Waals surface area contributed by atoms with Gasteiger partial charge in [-0.3, -0.25) is 0 Å². The number of nitrogens with zero attached hydrogens (tertiary/aromatic N) is 4. The van der Waals surface area contributed by atoms with Crippen molar-refractivity contribution >= 4 is 57.4 Å². The molecule has 0 bridgehead atoms. The van der Waals surface area contributed by atoms with Crippen molar-refractivity contribution in [2.75, 3.05) is 16.4 Å². The third-order valence-electron chi connectivity index (χ3n) is 4.75. The van der Waals surface area contributed by atoms with E-state index in [1.54, 1.807) is 18.3 Å². The van der Waals surface area contributed by atoms with Crippen LogP contribution in [-0.4, -0.2) is 37.2 Å². The first kappa shape index (κ1) is 18.9. The standard InChI is InChI=1S/C18H19Cl2N7O/c19-9-5-12(20)15(21)13(6-9)26-17-16-14(23-8-24-17)7-22-18(27-16)25-10-1-3-11(28)4-2-10/h5-8,10-11,28H,1-4,21H2,(H,22,25,27)(H,23,24,26)/t10-,11-. The van der Waals surface area contributed by atoms with E-state index in [1.807, 2.05) is 0 Å². The lowest BCUT2D eigenvalue weighted by atomic mass is 9.93. The zero-order valence-corrected chi connectivity index (χ0v) is 16.4. The molecule has 28 heavy (non-hydrogen) atoms. The fraction of sp³-hybridized carbons (Fsp3) is 0.333. The molecule has 1 aromatic carbocycles. The van der Waals surface area contributed by atoms with Crippen LogP contribution in [0.15, 0.2) is 24.7 Å². The number of halogens is 2. The predicted molar refractivity (Wildman–Crippen MR) is 111 cm³/mol. The maximum absolute atomic E-state index is 9.66. The third-order valence-corrected chi connectivity index (χ3v) is 5.29. The molecule has 8 nitrogen and oxygen atoms in total. The van der Waals surface area contributed by atoms with Crippen LogP contribution in [0, 0.1) is 0 Å². The first-order valence-corrected chi connectivity index (χ1v) is 9.69. The molecule has 1 aliphatic carbocycles. The maximum atomic E-state index is 9.66. The lowest BCUT2D eigenvalue weighted by molar-refractivity contribution is 0.126. The van der Waals surface area contributed by atoms with Gasteiger partial charge in [0.2, 0.25) is 5.95 Å². The van der Waals surface area contributed by atoms with Gasteiger partial charge in [-0.2, -0.15) is 0 Å². The average molecular weight is 420 g/mol. The molecule has 2 heterocycles. The minimum Gasteiger partial charge on any atom is -0.396 e. The van der Waals surface area contributed by atoms with Crippen molar-refractivity contribution in [3.63, 3.8) is 0 Å². The van der Waals surface area contributed by atoms with Crippen LogP contribution in [0.25, 0.3) is 11.0 Å². The van der Waals surface area contributed by atoms with Crippen LogP contribution in [0.3, 0.4) is 0 Å². The first-order chi connectivity index (χ1) is 13.5. The smallest absolute Gasteiger partial charge is 0.223 e. The van der Waals surface area contributed by atoms with Crippen LogP contribution in [0.2, 0.25) is 10.0 Å².